The van der Waals surface area contributed by atoms with E-state index in [1.807, 2.05) is 6.07 Å². The Kier molecular flexibility index (Phi) is 7.30. The highest BCUT2D eigenvalue weighted by atomic mass is 16.1. The molecule has 0 bridgehead atoms. The number of likely N-dealkylation sites (tertiary alicyclic amines) is 1. The van der Waals surface area contributed by atoms with Crippen molar-refractivity contribution in [2.24, 2.45) is 0 Å². The molecule has 1 aliphatic rings. The van der Waals surface area contributed by atoms with Gasteiger partial charge in [-0.3, -0.25) is 4.79 Å². The van der Waals surface area contributed by atoms with Gasteiger partial charge >= 0.3 is 0 Å². The lowest BCUT2D eigenvalue weighted by atomic mass is 10.1. The van der Waals surface area contributed by atoms with Crippen molar-refractivity contribution in [1.29, 1.82) is 0 Å². The van der Waals surface area contributed by atoms with Crippen molar-refractivity contribution in [3.05, 3.63) is 35.9 Å². The monoisotopic (exact) mass is 288 g/mol. The van der Waals surface area contributed by atoms with Crippen LogP contribution in [0.1, 0.15) is 44.1 Å². The van der Waals surface area contributed by atoms with Crippen molar-refractivity contribution >= 4 is 5.91 Å². The third kappa shape index (κ3) is 6.76. The summed E-state index contributed by atoms with van der Waals surface area (Å²) in [7, 11) is 0. The van der Waals surface area contributed by atoms with Gasteiger partial charge in [-0.25, -0.2) is 0 Å². The lowest BCUT2D eigenvalue weighted by molar-refractivity contribution is -0.121. The summed E-state index contributed by atoms with van der Waals surface area (Å²) in [6.45, 7) is 4.04. The minimum atomic E-state index is 0.201. The molecule has 116 valence electrons. The summed E-state index contributed by atoms with van der Waals surface area (Å²) in [5.74, 6) is 0.201. The molecule has 1 fully saturated rings. The molecular weight excluding hydrogens is 260 g/mol. The molecule has 1 aliphatic heterocycles. The molecule has 21 heavy (non-hydrogen) atoms. The fraction of sp³-hybridized carbons (Fsp3) is 0.611. The number of benzene rings is 1. The Morgan fingerprint density at radius 1 is 1.05 bits per heavy atom. The second-order valence-corrected chi connectivity index (χ2v) is 5.94. The molecule has 0 atom stereocenters. The van der Waals surface area contributed by atoms with Crippen LogP contribution in [0.3, 0.4) is 0 Å². The molecule has 3 nitrogen and oxygen atoms in total. The molecule has 0 aliphatic carbocycles. The molecule has 0 unspecified atom stereocenters. The second-order valence-electron chi connectivity index (χ2n) is 5.94. The molecule has 0 saturated carbocycles. The smallest absolute Gasteiger partial charge is 0.221 e. The predicted molar refractivity (Wildman–Crippen MR) is 87.3 cm³/mol. The van der Waals surface area contributed by atoms with E-state index in [9.17, 15) is 4.79 Å². The number of amides is 1. The van der Waals surface area contributed by atoms with Gasteiger partial charge in [0.05, 0.1) is 0 Å². The van der Waals surface area contributed by atoms with Crippen LogP contribution in [-0.4, -0.2) is 37.0 Å². The maximum absolute atomic E-state index is 11.8. The SMILES string of the molecule is O=C(CCN1CCCCCC1)NCCCc1ccccc1. The van der Waals surface area contributed by atoms with Crippen molar-refractivity contribution in [1.82, 2.24) is 10.2 Å². The number of hydrogen-bond donors (Lipinski definition) is 1. The van der Waals surface area contributed by atoms with Crippen LogP contribution < -0.4 is 5.32 Å². The van der Waals surface area contributed by atoms with Gasteiger partial charge in [0.1, 0.15) is 0 Å². The summed E-state index contributed by atoms with van der Waals surface area (Å²) in [4.78, 5) is 14.3. The summed E-state index contributed by atoms with van der Waals surface area (Å²) in [6.07, 6.45) is 7.97. The maximum Gasteiger partial charge on any atom is 0.221 e. The molecule has 2 rings (SSSR count). The number of carbonyl (C=O) groups is 1. The first kappa shape index (κ1) is 16.0. The average Bonchev–Trinajstić information content (AvgIpc) is 2.79. The summed E-state index contributed by atoms with van der Waals surface area (Å²) in [5, 5.41) is 3.04. The highest BCUT2D eigenvalue weighted by molar-refractivity contribution is 5.76. The van der Waals surface area contributed by atoms with Crippen molar-refractivity contribution in [3.63, 3.8) is 0 Å². The normalized spacial score (nSPS) is 16.4. The first-order valence-electron chi connectivity index (χ1n) is 8.37. The van der Waals surface area contributed by atoms with E-state index in [2.05, 4.69) is 34.5 Å². The molecule has 3 heteroatoms. The van der Waals surface area contributed by atoms with Gasteiger partial charge < -0.3 is 10.2 Å². The van der Waals surface area contributed by atoms with Gasteiger partial charge in [-0.05, 0) is 44.3 Å². The van der Waals surface area contributed by atoms with Crippen LogP contribution in [0.25, 0.3) is 0 Å². The molecule has 0 aromatic heterocycles. The zero-order valence-corrected chi connectivity index (χ0v) is 13.0. The van der Waals surface area contributed by atoms with Crippen LogP contribution in [0.4, 0.5) is 0 Å². The molecular formula is C18H28N2O. The molecule has 1 amide bonds. The molecule has 1 aromatic rings. The molecule has 1 aromatic carbocycles. The minimum absolute atomic E-state index is 0.201. The maximum atomic E-state index is 11.8. The predicted octanol–water partition coefficient (Wildman–Crippen LogP) is 3.00. The zero-order chi connectivity index (χ0) is 14.8. The van der Waals surface area contributed by atoms with Gasteiger partial charge in [0, 0.05) is 19.5 Å². The molecule has 1 N–H and O–H groups in total. The van der Waals surface area contributed by atoms with Crippen molar-refractivity contribution < 1.29 is 4.79 Å². The van der Waals surface area contributed by atoms with Gasteiger partial charge in [-0.1, -0.05) is 43.2 Å². The van der Waals surface area contributed by atoms with E-state index in [0.717, 1.165) is 25.9 Å². The molecule has 0 spiro atoms. The fourth-order valence-corrected chi connectivity index (χ4v) is 2.87. The number of rotatable bonds is 7. The fourth-order valence-electron chi connectivity index (χ4n) is 2.87. The summed E-state index contributed by atoms with van der Waals surface area (Å²) in [5.41, 5.74) is 1.34. The van der Waals surface area contributed by atoms with E-state index >= 15 is 0 Å². The van der Waals surface area contributed by atoms with Crippen molar-refractivity contribution in [2.75, 3.05) is 26.2 Å². The van der Waals surface area contributed by atoms with Crippen LogP contribution >= 0.6 is 0 Å². The first-order chi connectivity index (χ1) is 10.3. The first-order valence-corrected chi connectivity index (χ1v) is 8.37. The minimum Gasteiger partial charge on any atom is -0.356 e. The zero-order valence-electron chi connectivity index (χ0n) is 13.0. The molecule has 0 radical (unpaired) electrons. The van der Waals surface area contributed by atoms with Crippen LogP contribution in [0.2, 0.25) is 0 Å². The van der Waals surface area contributed by atoms with E-state index in [1.54, 1.807) is 0 Å². The Labute approximate surface area is 128 Å². The Morgan fingerprint density at radius 2 is 1.76 bits per heavy atom. The van der Waals surface area contributed by atoms with E-state index in [-0.39, 0.29) is 5.91 Å². The number of aryl methyl sites for hydroxylation is 1. The average molecular weight is 288 g/mol. The Bertz CT molecular complexity index is 397. The lowest BCUT2D eigenvalue weighted by Crippen LogP contribution is -2.32. The van der Waals surface area contributed by atoms with Crippen LogP contribution in [0.5, 0.6) is 0 Å². The largest absolute Gasteiger partial charge is 0.356 e. The summed E-state index contributed by atoms with van der Waals surface area (Å²) in [6, 6.07) is 10.4. The van der Waals surface area contributed by atoms with Gasteiger partial charge in [0.15, 0.2) is 0 Å². The van der Waals surface area contributed by atoms with E-state index < -0.39 is 0 Å². The van der Waals surface area contributed by atoms with Crippen LogP contribution in [-0.2, 0) is 11.2 Å². The van der Waals surface area contributed by atoms with Gasteiger partial charge in [-0.15, -0.1) is 0 Å². The number of nitrogens with one attached hydrogen (secondary N) is 1. The Hall–Kier alpha value is -1.35. The van der Waals surface area contributed by atoms with Crippen molar-refractivity contribution in [3.8, 4) is 0 Å². The quantitative estimate of drug-likeness (QED) is 0.782. The third-order valence-electron chi connectivity index (χ3n) is 4.16. The molecule has 1 heterocycles. The molecule has 1 saturated heterocycles. The summed E-state index contributed by atoms with van der Waals surface area (Å²) >= 11 is 0. The number of nitrogens with zero attached hydrogens (tertiary/aromatic N) is 1. The van der Waals surface area contributed by atoms with E-state index in [0.29, 0.717) is 6.42 Å². The van der Waals surface area contributed by atoms with Crippen molar-refractivity contribution in [2.45, 2.75) is 44.9 Å². The third-order valence-corrected chi connectivity index (χ3v) is 4.16. The van der Waals surface area contributed by atoms with Gasteiger partial charge in [-0.2, -0.15) is 0 Å². The summed E-state index contributed by atoms with van der Waals surface area (Å²) < 4.78 is 0. The van der Waals surface area contributed by atoms with Gasteiger partial charge in [0.2, 0.25) is 5.91 Å². The number of carbonyl (C=O) groups excluding carboxylic acids is 1. The topological polar surface area (TPSA) is 32.3 Å². The van der Waals surface area contributed by atoms with E-state index in [4.69, 9.17) is 0 Å². The lowest BCUT2D eigenvalue weighted by Gasteiger charge is -2.19. The second kappa shape index (κ2) is 9.56. The standard InChI is InChI=1S/C18H28N2O/c21-18(12-16-20-14-6-1-2-7-15-20)19-13-8-11-17-9-4-3-5-10-17/h3-5,9-10H,1-2,6-8,11-16H2,(H,19,21). The van der Waals surface area contributed by atoms with E-state index in [1.165, 1.54) is 44.3 Å². The number of hydrogen-bond acceptors (Lipinski definition) is 2. The Balaban J connectivity index is 1.53. The highest BCUT2D eigenvalue weighted by Crippen LogP contribution is 2.09. The van der Waals surface area contributed by atoms with Crippen LogP contribution in [0.15, 0.2) is 30.3 Å². The Morgan fingerprint density at radius 3 is 2.48 bits per heavy atom. The van der Waals surface area contributed by atoms with Crippen LogP contribution in [0, 0.1) is 0 Å². The highest BCUT2D eigenvalue weighted by Gasteiger charge is 2.10. The van der Waals surface area contributed by atoms with Gasteiger partial charge in [0.25, 0.3) is 0 Å².